The molecule has 0 radical (unpaired) electrons. The van der Waals surface area contributed by atoms with Crippen molar-refractivity contribution in [2.75, 3.05) is 52.7 Å². The van der Waals surface area contributed by atoms with E-state index in [-0.39, 0.29) is 12.5 Å². The molecule has 1 rings (SSSR count). The van der Waals surface area contributed by atoms with E-state index in [2.05, 4.69) is 0 Å². The summed E-state index contributed by atoms with van der Waals surface area (Å²) in [6, 6.07) is 5.66. The molecule has 6 nitrogen and oxygen atoms in total. The Bertz CT molecular complexity index is 492. The minimum absolute atomic E-state index is 0.00842. The van der Waals surface area contributed by atoms with Crippen LogP contribution in [0.4, 0.5) is 5.69 Å². The fourth-order valence-corrected chi connectivity index (χ4v) is 2.21. The molecular formula is C17H29N3O3. The van der Waals surface area contributed by atoms with Crippen molar-refractivity contribution >= 4 is 11.6 Å². The standard InChI is InChI=1S/C17H29N3O3/c1-4-20(9-11-21)17(22)8-6-14-5-7-16(15(18)13-14)23-12-10-19(2)3/h5,7,13,21H,4,6,8-12,18H2,1-3H3. The number of nitrogen functional groups attached to an aromatic ring is 1. The topological polar surface area (TPSA) is 79.0 Å². The quantitative estimate of drug-likeness (QED) is 0.628. The summed E-state index contributed by atoms with van der Waals surface area (Å²) in [7, 11) is 3.98. The van der Waals surface area contributed by atoms with Crippen LogP contribution in [0.2, 0.25) is 0 Å². The Labute approximate surface area is 138 Å². The van der Waals surface area contributed by atoms with Gasteiger partial charge in [-0.2, -0.15) is 0 Å². The van der Waals surface area contributed by atoms with Crippen LogP contribution < -0.4 is 10.5 Å². The maximum absolute atomic E-state index is 12.0. The zero-order valence-corrected chi connectivity index (χ0v) is 14.4. The van der Waals surface area contributed by atoms with Crippen molar-refractivity contribution in [2.24, 2.45) is 0 Å². The molecule has 23 heavy (non-hydrogen) atoms. The Hall–Kier alpha value is -1.79. The Morgan fingerprint density at radius 1 is 1.30 bits per heavy atom. The second-order valence-electron chi connectivity index (χ2n) is 5.72. The highest BCUT2D eigenvalue weighted by Crippen LogP contribution is 2.23. The first kappa shape index (κ1) is 19.3. The van der Waals surface area contributed by atoms with E-state index in [4.69, 9.17) is 15.6 Å². The van der Waals surface area contributed by atoms with Gasteiger partial charge in [-0.3, -0.25) is 4.79 Å². The molecule has 0 heterocycles. The molecule has 0 atom stereocenters. The molecule has 0 aliphatic rings. The molecule has 0 aliphatic heterocycles. The van der Waals surface area contributed by atoms with Crippen LogP contribution in [-0.2, 0) is 11.2 Å². The second-order valence-corrected chi connectivity index (χ2v) is 5.72. The third-order valence-electron chi connectivity index (χ3n) is 3.60. The molecule has 0 aromatic heterocycles. The molecule has 1 aromatic carbocycles. The van der Waals surface area contributed by atoms with Gasteiger partial charge in [-0.1, -0.05) is 6.07 Å². The molecule has 1 amide bonds. The monoisotopic (exact) mass is 323 g/mol. The van der Waals surface area contributed by atoms with Crippen LogP contribution >= 0.6 is 0 Å². The van der Waals surface area contributed by atoms with Gasteiger partial charge >= 0.3 is 0 Å². The largest absolute Gasteiger partial charge is 0.490 e. The number of aryl methyl sites for hydroxylation is 1. The third-order valence-corrected chi connectivity index (χ3v) is 3.60. The second kappa shape index (κ2) is 10.1. The van der Waals surface area contributed by atoms with Crippen molar-refractivity contribution in [2.45, 2.75) is 19.8 Å². The van der Waals surface area contributed by atoms with E-state index < -0.39 is 0 Å². The summed E-state index contributed by atoms with van der Waals surface area (Å²) >= 11 is 0. The molecular weight excluding hydrogens is 294 g/mol. The number of rotatable bonds is 10. The first-order chi connectivity index (χ1) is 11.0. The maximum Gasteiger partial charge on any atom is 0.222 e. The summed E-state index contributed by atoms with van der Waals surface area (Å²) < 4.78 is 5.65. The fourth-order valence-electron chi connectivity index (χ4n) is 2.21. The lowest BCUT2D eigenvalue weighted by Crippen LogP contribution is -2.33. The fraction of sp³-hybridized carbons (Fsp3) is 0.588. The number of anilines is 1. The molecule has 0 unspecified atom stereocenters. The van der Waals surface area contributed by atoms with Gasteiger partial charge in [0.2, 0.25) is 5.91 Å². The highest BCUT2D eigenvalue weighted by atomic mass is 16.5. The molecule has 6 heteroatoms. The Balaban J connectivity index is 2.52. The van der Waals surface area contributed by atoms with Gasteiger partial charge in [-0.25, -0.2) is 0 Å². The molecule has 0 bridgehead atoms. The summed E-state index contributed by atoms with van der Waals surface area (Å²) in [4.78, 5) is 15.7. The summed E-state index contributed by atoms with van der Waals surface area (Å²) in [5.74, 6) is 0.726. The van der Waals surface area contributed by atoms with Gasteiger partial charge in [0, 0.05) is 26.1 Å². The Kier molecular flexibility index (Phi) is 8.43. The van der Waals surface area contributed by atoms with Crippen LogP contribution in [0.1, 0.15) is 18.9 Å². The number of aliphatic hydroxyl groups is 1. The number of nitrogens with zero attached hydrogens (tertiary/aromatic N) is 2. The third kappa shape index (κ3) is 6.88. The van der Waals surface area contributed by atoms with Crippen molar-refractivity contribution in [3.05, 3.63) is 23.8 Å². The molecule has 0 fully saturated rings. The Morgan fingerprint density at radius 2 is 2.04 bits per heavy atom. The van der Waals surface area contributed by atoms with Gasteiger partial charge in [-0.15, -0.1) is 0 Å². The van der Waals surface area contributed by atoms with Crippen LogP contribution in [0, 0.1) is 0 Å². The minimum Gasteiger partial charge on any atom is -0.490 e. The molecule has 0 saturated carbocycles. The van der Waals surface area contributed by atoms with Crippen molar-refractivity contribution in [1.82, 2.24) is 9.80 Å². The lowest BCUT2D eigenvalue weighted by molar-refractivity contribution is -0.131. The summed E-state index contributed by atoms with van der Waals surface area (Å²) in [6.07, 6.45) is 1.04. The average Bonchev–Trinajstić information content (AvgIpc) is 2.51. The summed E-state index contributed by atoms with van der Waals surface area (Å²) in [5.41, 5.74) is 7.62. The van der Waals surface area contributed by atoms with Crippen molar-refractivity contribution < 1.29 is 14.6 Å². The van der Waals surface area contributed by atoms with Crippen LogP contribution in [0.5, 0.6) is 5.75 Å². The van der Waals surface area contributed by atoms with Gasteiger partial charge in [0.15, 0.2) is 0 Å². The predicted octanol–water partition coefficient (Wildman–Crippen LogP) is 0.983. The predicted molar refractivity (Wildman–Crippen MR) is 92.6 cm³/mol. The van der Waals surface area contributed by atoms with Crippen LogP contribution in [-0.4, -0.2) is 67.8 Å². The number of benzene rings is 1. The van der Waals surface area contributed by atoms with E-state index in [0.29, 0.717) is 44.0 Å². The van der Waals surface area contributed by atoms with E-state index >= 15 is 0 Å². The van der Waals surface area contributed by atoms with Crippen molar-refractivity contribution in [3.8, 4) is 5.75 Å². The number of hydrogen-bond donors (Lipinski definition) is 2. The number of ether oxygens (including phenoxy) is 1. The summed E-state index contributed by atoms with van der Waals surface area (Å²) in [5, 5.41) is 8.95. The van der Waals surface area contributed by atoms with E-state index in [1.54, 1.807) is 4.90 Å². The van der Waals surface area contributed by atoms with Crippen molar-refractivity contribution in [1.29, 1.82) is 0 Å². The number of amides is 1. The van der Waals surface area contributed by atoms with E-state index in [9.17, 15) is 4.79 Å². The number of aliphatic hydroxyl groups excluding tert-OH is 1. The van der Waals surface area contributed by atoms with Crippen molar-refractivity contribution in [3.63, 3.8) is 0 Å². The molecule has 0 aliphatic carbocycles. The molecule has 130 valence electrons. The van der Waals surface area contributed by atoms with E-state index in [1.807, 2.05) is 44.1 Å². The smallest absolute Gasteiger partial charge is 0.222 e. The van der Waals surface area contributed by atoms with Gasteiger partial charge in [0.05, 0.1) is 12.3 Å². The van der Waals surface area contributed by atoms with E-state index in [1.165, 1.54) is 0 Å². The van der Waals surface area contributed by atoms with Crippen LogP contribution in [0.3, 0.4) is 0 Å². The average molecular weight is 323 g/mol. The first-order valence-corrected chi connectivity index (χ1v) is 8.02. The lowest BCUT2D eigenvalue weighted by atomic mass is 10.1. The summed E-state index contributed by atoms with van der Waals surface area (Å²) in [6.45, 7) is 4.31. The number of likely N-dealkylation sites (N-methyl/N-ethyl adjacent to an activating group) is 2. The zero-order valence-electron chi connectivity index (χ0n) is 14.4. The highest BCUT2D eigenvalue weighted by molar-refractivity contribution is 5.76. The van der Waals surface area contributed by atoms with Crippen LogP contribution in [0.25, 0.3) is 0 Å². The van der Waals surface area contributed by atoms with Gasteiger partial charge in [0.25, 0.3) is 0 Å². The minimum atomic E-state index is -0.00842. The van der Waals surface area contributed by atoms with Gasteiger partial charge < -0.3 is 25.4 Å². The molecule has 3 N–H and O–H groups in total. The Morgan fingerprint density at radius 3 is 2.61 bits per heavy atom. The highest BCUT2D eigenvalue weighted by Gasteiger charge is 2.11. The van der Waals surface area contributed by atoms with Gasteiger partial charge in [-0.05, 0) is 45.1 Å². The normalized spacial score (nSPS) is 10.8. The molecule has 1 aromatic rings. The number of carbonyl (C=O) groups excluding carboxylic acids is 1. The number of hydrogen-bond acceptors (Lipinski definition) is 5. The van der Waals surface area contributed by atoms with Gasteiger partial charge in [0.1, 0.15) is 12.4 Å². The molecule has 0 spiro atoms. The first-order valence-electron chi connectivity index (χ1n) is 8.02. The van der Waals surface area contributed by atoms with E-state index in [0.717, 1.165) is 12.1 Å². The van der Waals surface area contributed by atoms with Crippen LogP contribution in [0.15, 0.2) is 18.2 Å². The number of nitrogens with two attached hydrogens (primary N) is 1. The zero-order chi connectivity index (χ0) is 17.2. The SMILES string of the molecule is CCN(CCO)C(=O)CCc1ccc(OCCN(C)C)c(N)c1. The molecule has 0 saturated heterocycles. The maximum atomic E-state index is 12.0. The number of carbonyl (C=O) groups is 1. The lowest BCUT2D eigenvalue weighted by Gasteiger charge is -2.19.